The quantitative estimate of drug-likeness (QED) is 0.637. The first-order chi connectivity index (χ1) is 7.26. The Kier molecular flexibility index (Phi) is 5.60. The number of hydrogen-bond donors (Lipinski definition) is 1. The van der Waals surface area contributed by atoms with Crippen molar-refractivity contribution in [3.8, 4) is 0 Å². The van der Waals surface area contributed by atoms with E-state index in [1.807, 2.05) is 0 Å². The minimum absolute atomic E-state index is 0.0376. The molecule has 5 nitrogen and oxygen atoms in total. The fraction of sp³-hybridized carbons (Fsp3) is 0.900. The predicted octanol–water partition coefficient (Wildman–Crippen LogP) is -0.367. The van der Waals surface area contributed by atoms with Crippen molar-refractivity contribution in [3.05, 3.63) is 0 Å². The zero-order chi connectivity index (χ0) is 11.1. The van der Waals surface area contributed by atoms with Gasteiger partial charge in [0.05, 0.1) is 32.3 Å². The Hall–Kier alpha value is -0.650. The van der Waals surface area contributed by atoms with Crippen LogP contribution in [0.2, 0.25) is 0 Å². The molecule has 0 radical (unpaired) electrons. The first-order valence-corrected chi connectivity index (χ1v) is 5.36. The van der Waals surface area contributed by atoms with Gasteiger partial charge in [0.25, 0.3) is 0 Å². The van der Waals surface area contributed by atoms with E-state index < -0.39 is 0 Å². The van der Waals surface area contributed by atoms with Gasteiger partial charge in [0.2, 0.25) is 0 Å². The Morgan fingerprint density at radius 2 is 2.47 bits per heavy atom. The van der Waals surface area contributed by atoms with E-state index in [0.717, 1.165) is 6.54 Å². The number of esters is 1. The van der Waals surface area contributed by atoms with Gasteiger partial charge < -0.3 is 14.6 Å². The Morgan fingerprint density at radius 3 is 3.13 bits per heavy atom. The number of ether oxygens (including phenoxy) is 2. The number of nitrogens with zero attached hydrogens (tertiary/aromatic N) is 1. The molecule has 1 heterocycles. The van der Waals surface area contributed by atoms with Crippen molar-refractivity contribution in [2.45, 2.75) is 19.4 Å². The lowest BCUT2D eigenvalue weighted by Gasteiger charge is -2.31. The van der Waals surface area contributed by atoms with Gasteiger partial charge in [0, 0.05) is 19.6 Å². The summed E-state index contributed by atoms with van der Waals surface area (Å²) < 4.78 is 10.1. The van der Waals surface area contributed by atoms with Crippen LogP contribution in [0.1, 0.15) is 13.3 Å². The first-order valence-electron chi connectivity index (χ1n) is 5.36. The van der Waals surface area contributed by atoms with E-state index in [0.29, 0.717) is 32.7 Å². The van der Waals surface area contributed by atoms with Crippen LogP contribution in [-0.4, -0.2) is 61.5 Å². The van der Waals surface area contributed by atoms with Crippen LogP contribution in [0.5, 0.6) is 0 Å². The van der Waals surface area contributed by atoms with Gasteiger partial charge in [-0.25, -0.2) is 0 Å². The fourth-order valence-electron chi connectivity index (χ4n) is 1.58. The molecule has 1 unspecified atom stereocenters. The monoisotopic (exact) mass is 217 g/mol. The van der Waals surface area contributed by atoms with E-state index in [2.05, 4.69) is 4.90 Å². The number of aliphatic hydroxyl groups excluding tert-OH is 1. The zero-order valence-corrected chi connectivity index (χ0v) is 9.15. The van der Waals surface area contributed by atoms with Crippen LogP contribution in [0.15, 0.2) is 0 Å². The molecule has 0 aromatic carbocycles. The standard InChI is InChI=1S/C10H19NO4/c1-2-14-10(13)3-4-11-5-6-15-9(7-11)8-12/h9,12H,2-8H2,1H3. The van der Waals surface area contributed by atoms with E-state index in [9.17, 15) is 4.79 Å². The Bertz CT molecular complexity index is 198. The molecule has 5 heteroatoms. The summed E-state index contributed by atoms with van der Waals surface area (Å²) in [7, 11) is 0. The zero-order valence-electron chi connectivity index (χ0n) is 9.15. The highest BCUT2D eigenvalue weighted by Crippen LogP contribution is 2.05. The molecule has 1 aliphatic heterocycles. The molecular weight excluding hydrogens is 198 g/mol. The average molecular weight is 217 g/mol. The maximum absolute atomic E-state index is 11.1. The minimum atomic E-state index is -0.162. The van der Waals surface area contributed by atoms with E-state index >= 15 is 0 Å². The summed E-state index contributed by atoms with van der Waals surface area (Å²) in [6.45, 7) is 5.07. The summed E-state index contributed by atoms with van der Waals surface area (Å²) in [5.41, 5.74) is 0. The molecule has 0 amide bonds. The molecule has 15 heavy (non-hydrogen) atoms. The molecule has 1 saturated heterocycles. The number of hydrogen-bond acceptors (Lipinski definition) is 5. The molecule has 0 aromatic rings. The highest BCUT2D eigenvalue weighted by Gasteiger charge is 2.19. The molecule has 1 fully saturated rings. The van der Waals surface area contributed by atoms with Crippen LogP contribution >= 0.6 is 0 Å². The lowest BCUT2D eigenvalue weighted by Crippen LogP contribution is -2.44. The van der Waals surface area contributed by atoms with Gasteiger partial charge in [-0.05, 0) is 6.92 Å². The second-order valence-corrected chi connectivity index (χ2v) is 3.53. The van der Waals surface area contributed by atoms with Gasteiger partial charge in [-0.15, -0.1) is 0 Å². The third kappa shape index (κ3) is 4.59. The molecule has 88 valence electrons. The summed E-state index contributed by atoms with van der Waals surface area (Å²) in [5.74, 6) is -0.162. The van der Waals surface area contributed by atoms with E-state index in [-0.39, 0.29) is 18.7 Å². The average Bonchev–Trinajstić information content (AvgIpc) is 2.27. The summed E-state index contributed by atoms with van der Waals surface area (Å²) in [5, 5.41) is 8.93. The molecular formula is C10H19NO4. The number of carbonyl (C=O) groups is 1. The molecule has 1 N–H and O–H groups in total. The second kappa shape index (κ2) is 6.76. The molecule has 1 aliphatic rings. The van der Waals surface area contributed by atoms with E-state index in [1.165, 1.54) is 0 Å². The Morgan fingerprint density at radius 1 is 1.67 bits per heavy atom. The van der Waals surface area contributed by atoms with Crippen LogP contribution in [0.25, 0.3) is 0 Å². The summed E-state index contributed by atoms with van der Waals surface area (Å²) in [4.78, 5) is 13.2. The van der Waals surface area contributed by atoms with Crippen molar-refractivity contribution in [1.29, 1.82) is 0 Å². The fourth-order valence-corrected chi connectivity index (χ4v) is 1.58. The van der Waals surface area contributed by atoms with Gasteiger partial charge in [-0.2, -0.15) is 0 Å². The van der Waals surface area contributed by atoms with Crippen LogP contribution in [0.3, 0.4) is 0 Å². The van der Waals surface area contributed by atoms with Crippen LogP contribution in [0.4, 0.5) is 0 Å². The number of rotatable bonds is 5. The van der Waals surface area contributed by atoms with Crippen molar-refractivity contribution in [3.63, 3.8) is 0 Å². The summed E-state index contributed by atoms with van der Waals surface area (Å²) in [6, 6.07) is 0. The molecule has 0 aliphatic carbocycles. The third-order valence-corrected chi connectivity index (χ3v) is 2.36. The van der Waals surface area contributed by atoms with Crippen molar-refractivity contribution < 1.29 is 19.4 Å². The first kappa shape index (κ1) is 12.4. The molecule has 0 bridgehead atoms. The maximum atomic E-state index is 11.1. The van der Waals surface area contributed by atoms with Crippen LogP contribution < -0.4 is 0 Å². The van der Waals surface area contributed by atoms with Crippen molar-refractivity contribution >= 4 is 5.97 Å². The minimum Gasteiger partial charge on any atom is -0.466 e. The van der Waals surface area contributed by atoms with Crippen molar-refractivity contribution in [2.75, 3.05) is 39.5 Å². The maximum Gasteiger partial charge on any atom is 0.307 e. The summed E-state index contributed by atoms with van der Waals surface area (Å²) in [6.07, 6.45) is 0.298. The Labute approximate surface area is 90.0 Å². The van der Waals surface area contributed by atoms with Gasteiger partial charge in [0.15, 0.2) is 0 Å². The lowest BCUT2D eigenvalue weighted by atomic mass is 10.2. The van der Waals surface area contributed by atoms with Crippen LogP contribution in [0, 0.1) is 0 Å². The van der Waals surface area contributed by atoms with Gasteiger partial charge in [0.1, 0.15) is 0 Å². The molecule has 0 saturated carbocycles. The van der Waals surface area contributed by atoms with Crippen molar-refractivity contribution in [2.24, 2.45) is 0 Å². The highest BCUT2D eigenvalue weighted by atomic mass is 16.5. The SMILES string of the molecule is CCOC(=O)CCN1CCOC(CO)C1. The molecule has 0 aromatic heterocycles. The second-order valence-electron chi connectivity index (χ2n) is 3.53. The summed E-state index contributed by atoms with van der Waals surface area (Å²) >= 11 is 0. The van der Waals surface area contributed by atoms with Gasteiger partial charge in [-0.1, -0.05) is 0 Å². The predicted molar refractivity (Wildman–Crippen MR) is 54.5 cm³/mol. The topological polar surface area (TPSA) is 59.0 Å². The number of morpholine rings is 1. The molecule has 1 rings (SSSR count). The smallest absolute Gasteiger partial charge is 0.307 e. The lowest BCUT2D eigenvalue weighted by molar-refractivity contribution is -0.144. The third-order valence-electron chi connectivity index (χ3n) is 2.36. The highest BCUT2D eigenvalue weighted by molar-refractivity contribution is 5.69. The van der Waals surface area contributed by atoms with Crippen LogP contribution in [-0.2, 0) is 14.3 Å². The normalized spacial score (nSPS) is 22.7. The molecule has 1 atom stereocenters. The van der Waals surface area contributed by atoms with E-state index in [1.54, 1.807) is 6.92 Å². The molecule has 0 spiro atoms. The van der Waals surface area contributed by atoms with E-state index in [4.69, 9.17) is 14.6 Å². The largest absolute Gasteiger partial charge is 0.466 e. The number of aliphatic hydroxyl groups is 1. The van der Waals surface area contributed by atoms with Crippen molar-refractivity contribution in [1.82, 2.24) is 4.90 Å². The number of carbonyl (C=O) groups excluding carboxylic acids is 1. The Balaban J connectivity index is 2.17. The van der Waals surface area contributed by atoms with Gasteiger partial charge >= 0.3 is 5.97 Å². The van der Waals surface area contributed by atoms with Gasteiger partial charge in [-0.3, -0.25) is 9.69 Å².